The summed E-state index contributed by atoms with van der Waals surface area (Å²) in [4.78, 5) is 0. The average Bonchev–Trinajstić information content (AvgIpc) is 1.35. The molecule has 0 aliphatic heterocycles. The van der Waals surface area contributed by atoms with Crippen molar-refractivity contribution >= 4 is 0 Å². The Morgan fingerprint density at radius 1 is 1.67 bits per heavy atom. The SMILES string of the molecule is [CH2+]C(C)(C)C#[O+]. The van der Waals surface area contributed by atoms with Gasteiger partial charge in [0.05, 0.1) is 0 Å². The van der Waals surface area contributed by atoms with Crippen molar-refractivity contribution in [1.29, 1.82) is 0 Å². The molecule has 6 heavy (non-hydrogen) atoms. The van der Waals surface area contributed by atoms with Crippen molar-refractivity contribution in [3.63, 3.8) is 0 Å². The van der Waals surface area contributed by atoms with Crippen LogP contribution in [0.5, 0.6) is 0 Å². The van der Waals surface area contributed by atoms with Crippen molar-refractivity contribution in [3.8, 4) is 6.15 Å². The normalized spacial score (nSPS) is 10.2. The fraction of sp³-hybridized carbons (Fsp3) is 0.600. The van der Waals surface area contributed by atoms with Gasteiger partial charge in [-0.05, 0) is 0 Å². The van der Waals surface area contributed by atoms with Crippen LogP contribution in [0.1, 0.15) is 13.8 Å². The summed E-state index contributed by atoms with van der Waals surface area (Å²) >= 11 is 0. The van der Waals surface area contributed by atoms with Crippen LogP contribution in [0.25, 0.3) is 0 Å². The number of hydrogen-bond acceptors (Lipinski definition) is 0. The Bertz CT molecular complexity index is 70.9. The van der Waals surface area contributed by atoms with Gasteiger partial charge in [0.2, 0.25) is 0 Å². The van der Waals surface area contributed by atoms with Gasteiger partial charge in [-0.15, -0.1) is 0 Å². The van der Waals surface area contributed by atoms with Gasteiger partial charge >= 0.3 is 37.0 Å². The summed E-state index contributed by atoms with van der Waals surface area (Å²) in [6, 6.07) is 0. The fourth-order valence-corrected chi connectivity index (χ4v) is 0. The van der Waals surface area contributed by atoms with E-state index in [1.54, 1.807) is 20.0 Å². The average molecular weight is 84.1 g/mol. The van der Waals surface area contributed by atoms with E-state index in [4.69, 9.17) is 0 Å². The molecule has 0 saturated carbocycles. The van der Waals surface area contributed by atoms with E-state index in [1.807, 2.05) is 0 Å². The predicted molar refractivity (Wildman–Crippen MR) is 23.7 cm³/mol. The Labute approximate surface area is 38.1 Å². The maximum absolute atomic E-state index is 9.64. The van der Waals surface area contributed by atoms with Crippen LogP contribution in [0.2, 0.25) is 0 Å². The van der Waals surface area contributed by atoms with Gasteiger partial charge in [0.25, 0.3) is 0 Å². The Morgan fingerprint density at radius 2 is 1.83 bits per heavy atom. The summed E-state index contributed by atoms with van der Waals surface area (Å²) in [5.41, 5.74) is -0.514. The Balaban J connectivity index is 3.55. The van der Waals surface area contributed by atoms with Gasteiger partial charge in [0.15, 0.2) is 0 Å². The molecule has 1 nitrogen and oxygen atoms in total. The monoisotopic (exact) mass is 84.1 g/mol. The van der Waals surface area contributed by atoms with Crippen LogP contribution in [-0.2, 0) is 4.65 Å². The molecule has 0 aromatic heterocycles. The van der Waals surface area contributed by atoms with E-state index in [0.29, 0.717) is 0 Å². The molecule has 1 heteroatoms. The van der Waals surface area contributed by atoms with Gasteiger partial charge in [-0.1, -0.05) is 0 Å². The summed E-state index contributed by atoms with van der Waals surface area (Å²) in [7, 11) is 0. The molecular formula is C5H8O+2. The van der Waals surface area contributed by atoms with Gasteiger partial charge in [0.1, 0.15) is 0 Å². The number of hydrogen-bond donors (Lipinski definition) is 0. The van der Waals surface area contributed by atoms with E-state index in [9.17, 15) is 4.65 Å². The molecule has 0 bridgehead atoms. The van der Waals surface area contributed by atoms with E-state index in [-0.39, 0.29) is 0 Å². The number of rotatable bonds is 0. The second-order valence-corrected chi connectivity index (χ2v) is 1.99. The van der Waals surface area contributed by atoms with E-state index in [2.05, 4.69) is 6.92 Å². The topological polar surface area (TPSA) is 19.9 Å². The van der Waals surface area contributed by atoms with Crippen LogP contribution in [0, 0.1) is 18.5 Å². The Kier molecular flexibility index (Phi) is 1.29. The second kappa shape index (κ2) is 1.38. The van der Waals surface area contributed by atoms with E-state index < -0.39 is 5.41 Å². The van der Waals surface area contributed by atoms with Crippen LogP contribution < -0.4 is 0 Å². The zero-order valence-electron chi connectivity index (χ0n) is 4.12. The van der Waals surface area contributed by atoms with Crippen molar-refractivity contribution in [2.24, 2.45) is 5.41 Å². The molecule has 0 N–H and O–H groups in total. The van der Waals surface area contributed by atoms with Gasteiger partial charge < -0.3 is 0 Å². The first-order valence-electron chi connectivity index (χ1n) is 1.81. The summed E-state index contributed by atoms with van der Waals surface area (Å²) in [5, 5.41) is 0. The molecule has 0 radical (unpaired) electrons. The van der Waals surface area contributed by atoms with Crippen LogP contribution >= 0.6 is 0 Å². The molecule has 0 aliphatic carbocycles. The second-order valence-electron chi connectivity index (χ2n) is 1.99. The molecule has 0 saturated heterocycles. The molecule has 0 atom stereocenters. The molecule has 0 heterocycles. The van der Waals surface area contributed by atoms with Crippen molar-refractivity contribution < 1.29 is 4.65 Å². The third kappa shape index (κ3) is 3.61. The third-order valence-corrected chi connectivity index (χ3v) is 0.276. The molecule has 0 unspecified atom stereocenters. The van der Waals surface area contributed by atoms with E-state index >= 15 is 0 Å². The zero-order chi connectivity index (χ0) is 5.21. The Hall–Kier alpha value is -0.390. The molecule has 0 aromatic rings. The maximum atomic E-state index is 9.64. The predicted octanol–water partition coefficient (Wildman–Crippen LogP) is 1.24. The molecule has 0 rings (SSSR count). The van der Waals surface area contributed by atoms with Crippen molar-refractivity contribution in [2.75, 3.05) is 0 Å². The van der Waals surface area contributed by atoms with Gasteiger partial charge in [0, 0.05) is 0 Å². The molecule has 32 valence electrons. The molecule has 0 amide bonds. The van der Waals surface area contributed by atoms with E-state index in [1.165, 1.54) is 0 Å². The minimum atomic E-state index is -0.514. The quantitative estimate of drug-likeness (QED) is 0.311. The third-order valence-electron chi connectivity index (χ3n) is 0.276. The summed E-state index contributed by atoms with van der Waals surface area (Å²) < 4.78 is 9.64. The van der Waals surface area contributed by atoms with Gasteiger partial charge in [-0.2, -0.15) is 0 Å². The summed E-state index contributed by atoms with van der Waals surface area (Å²) in [6.45, 7) is 6.88. The van der Waals surface area contributed by atoms with E-state index in [0.717, 1.165) is 0 Å². The van der Waals surface area contributed by atoms with Crippen molar-refractivity contribution in [2.45, 2.75) is 13.8 Å². The molecular weight excluding hydrogens is 76.1 g/mol. The van der Waals surface area contributed by atoms with Crippen LogP contribution in [0.15, 0.2) is 0 Å². The first kappa shape index (κ1) is 5.61. The van der Waals surface area contributed by atoms with Crippen LogP contribution in [0.3, 0.4) is 0 Å². The molecule has 0 fully saturated rings. The first-order chi connectivity index (χ1) is 2.56. The summed E-state index contributed by atoms with van der Waals surface area (Å²) in [5.74, 6) is 0. The van der Waals surface area contributed by atoms with Gasteiger partial charge in [-0.3, -0.25) is 0 Å². The Morgan fingerprint density at radius 3 is 1.83 bits per heavy atom. The molecule has 0 aliphatic rings. The minimum absolute atomic E-state index is 0.514. The van der Waals surface area contributed by atoms with Crippen molar-refractivity contribution in [1.82, 2.24) is 0 Å². The fourth-order valence-electron chi connectivity index (χ4n) is 0. The van der Waals surface area contributed by atoms with Crippen LogP contribution in [0.4, 0.5) is 0 Å². The summed E-state index contributed by atoms with van der Waals surface area (Å²) in [6.07, 6.45) is 1.74. The van der Waals surface area contributed by atoms with Crippen molar-refractivity contribution in [3.05, 3.63) is 6.92 Å². The van der Waals surface area contributed by atoms with Crippen LogP contribution in [-0.4, -0.2) is 0 Å². The molecule has 0 aromatic carbocycles. The van der Waals surface area contributed by atoms with Gasteiger partial charge in [-0.25, -0.2) is 0 Å². The standard InChI is InChI=1S/C5H8O/c1-5(2,3)4-6/h1H2,2-3H3/q+2. The first-order valence-corrected chi connectivity index (χ1v) is 1.81. The zero-order valence-corrected chi connectivity index (χ0v) is 4.12. The molecule has 0 spiro atoms.